The van der Waals surface area contributed by atoms with Gasteiger partial charge in [-0.3, -0.25) is 14.5 Å². The van der Waals surface area contributed by atoms with Crippen LogP contribution in [0.25, 0.3) is 0 Å². The highest BCUT2D eigenvalue weighted by molar-refractivity contribution is 6.40. The number of benzene rings is 2. The molecule has 0 saturated carbocycles. The number of amides is 3. The number of anilines is 1. The number of amidine groups is 1. The molecule has 2 rings (SSSR count). The fourth-order valence-electron chi connectivity index (χ4n) is 4.78. The highest BCUT2D eigenvalue weighted by atomic mass is 35.5. The Morgan fingerprint density at radius 2 is 1.67 bits per heavy atom. The Morgan fingerprint density at radius 1 is 1.02 bits per heavy atom. The zero-order valence-electron chi connectivity index (χ0n) is 32.0. The van der Waals surface area contributed by atoms with Crippen molar-refractivity contribution in [2.45, 2.75) is 85.3 Å². The fraction of sp³-hybridized carbons (Fsp3) is 0.436. The summed E-state index contributed by atoms with van der Waals surface area (Å²) in [6, 6.07) is 9.93. The Morgan fingerprint density at radius 3 is 2.22 bits per heavy atom. The Bertz CT molecular complexity index is 1690. The maximum Gasteiger partial charge on any atom is 0.413 e. The van der Waals surface area contributed by atoms with Crippen LogP contribution in [-0.4, -0.2) is 82.9 Å². The van der Waals surface area contributed by atoms with Crippen LogP contribution in [0.1, 0.15) is 78.9 Å². The highest BCUT2D eigenvalue weighted by Gasteiger charge is 2.32. The topological polar surface area (TPSA) is 168 Å². The van der Waals surface area contributed by atoms with E-state index in [1.807, 2.05) is 0 Å². The van der Waals surface area contributed by atoms with Crippen molar-refractivity contribution in [1.29, 1.82) is 0 Å². The van der Waals surface area contributed by atoms with Gasteiger partial charge in [0.1, 0.15) is 30.4 Å². The second-order valence-electron chi connectivity index (χ2n) is 13.9. The summed E-state index contributed by atoms with van der Waals surface area (Å²) in [6.45, 7) is 16.9. The average molecular weight is 789 g/mol. The van der Waals surface area contributed by atoms with Crippen LogP contribution in [0.4, 0.5) is 10.5 Å². The van der Waals surface area contributed by atoms with Crippen molar-refractivity contribution in [3.05, 3.63) is 82.4 Å². The van der Waals surface area contributed by atoms with Crippen LogP contribution in [0.15, 0.2) is 71.4 Å². The third-order valence-corrected chi connectivity index (χ3v) is 7.55. The molecule has 294 valence electrons. The smallest absolute Gasteiger partial charge is 0.413 e. The summed E-state index contributed by atoms with van der Waals surface area (Å²) in [7, 11) is 0. The normalized spacial score (nSPS) is 12.3. The quantitative estimate of drug-likeness (QED) is 0.0259. The maximum atomic E-state index is 13.5. The van der Waals surface area contributed by atoms with E-state index in [4.69, 9.17) is 37.5 Å². The molecule has 0 unspecified atom stereocenters. The lowest BCUT2D eigenvalue weighted by atomic mass is 10.0. The molecule has 3 amide bonds. The third-order valence-electron chi connectivity index (χ3n) is 6.95. The molecule has 0 bridgehead atoms. The van der Waals surface area contributed by atoms with Gasteiger partial charge in [0.15, 0.2) is 0 Å². The number of hydrogen-bond donors (Lipinski definition) is 3. The molecule has 3 N–H and O–H groups in total. The molecule has 0 atom stereocenters. The number of carboxylic acid groups (broad SMARTS) is 1. The number of carbonyl (C=O) groups excluding carboxylic acids is 3. The molecule has 0 aromatic heterocycles. The SMILES string of the molecule is C=CCOc1ccc(C(CC(=O)N=C(Cc2cc(Cl)c(NC(=O)CNCCCC=CC(=O)OC(C)(C)C)c(Cl)c2)N(C(=O)O)C(C)(C)C)=NOCC)cc1. The molecule has 0 aliphatic rings. The van der Waals surface area contributed by atoms with E-state index in [0.29, 0.717) is 42.9 Å². The largest absolute Gasteiger partial charge is 0.490 e. The van der Waals surface area contributed by atoms with Gasteiger partial charge < -0.3 is 30.1 Å². The van der Waals surface area contributed by atoms with Gasteiger partial charge in [0.2, 0.25) is 5.91 Å². The molecule has 54 heavy (non-hydrogen) atoms. The first-order valence-electron chi connectivity index (χ1n) is 17.4. The van der Waals surface area contributed by atoms with E-state index in [1.165, 1.54) is 18.2 Å². The molecule has 0 spiro atoms. The number of carbonyl (C=O) groups is 4. The monoisotopic (exact) mass is 787 g/mol. The minimum absolute atomic E-state index is 0.0237. The number of rotatable bonds is 18. The van der Waals surface area contributed by atoms with Gasteiger partial charge >= 0.3 is 12.1 Å². The molecule has 15 heteroatoms. The summed E-state index contributed by atoms with van der Waals surface area (Å²) in [5.74, 6) is -0.944. The number of allylic oxidation sites excluding steroid dienone is 1. The van der Waals surface area contributed by atoms with Gasteiger partial charge in [-0.25, -0.2) is 9.59 Å². The van der Waals surface area contributed by atoms with Gasteiger partial charge in [-0.15, -0.1) is 0 Å². The van der Waals surface area contributed by atoms with E-state index < -0.39 is 35.0 Å². The van der Waals surface area contributed by atoms with Crippen LogP contribution in [-0.2, 0) is 30.4 Å². The molecule has 0 aliphatic carbocycles. The van der Waals surface area contributed by atoms with Gasteiger partial charge in [0.05, 0.1) is 34.4 Å². The van der Waals surface area contributed by atoms with Crippen LogP contribution in [0.3, 0.4) is 0 Å². The average Bonchev–Trinajstić information content (AvgIpc) is 3.05. The third kappa shape index (κ3) is 16.5. The number of halogens is 2. The molecule has 0 heterocycles. The second-order valence-corrected chi connectivity index (χ2v) is 14.7. The zero-order chi connectivity index (χ0) is 40.5. The first-order valence-corrected chi connectivity index (χ1v) is 18.1. The van der Waals surface area contributed by atoms with E-state index in [2.05, 4.69) is 27.4 Å². The number of unbranched alkanes of at least 4 members (excludes halogenated alkanes) is 1. The van der Waals surface area contributed by atoms with Gasteiger partial charge in [0.25, 0.3) is 5.91 Å². The van der Waals surface area contributed by atoms with Crippen LogP contribution in [0.2, 0.25) is 10.0 Å². The molecule has 0 radical (unpaired) electrons. The Hall–Kier alpha value is -4.72. The van der Waals surface area contributed by atoms with E-state index in [9.17, 15) is 24.3 Å². The predicted molar refractivity (Wildman–Crippen MR) is 213 cm³/mol. The minimum atomic E-state index is -1.32. The molecule has 2 aromatic rings. The maximum absolute atomic E-state index is 13.5. The summed E-state index contributed by atoms with van der Waals surface area (Å²) in [5.41, 5.74) is -0.0568. The van der Waals surface area contributed by atoms with Crippen molar-refractivity contribution in [1.82, 2.24) is 10.2 Å². The molecular weight excluding hydrogens is 737 g/mol. The Balaban J connectivity index is 2.21. The number of esters is 1. The van der Waals surface area contributed by atoms with Crippen LogP contribution in [0.5, 0.6) is 5.75 Å². The number of nitrogens with zero attached hydrogens (tertiary/aromatic N) is 3. The van der Waals surface area contributed by atoms with E-state index in [0.717, 1.165) is 4.90 Å². The lowest BCUT2D eigenvalue weighted by Crippen LogP contribution is -2.49. The van der Waals surface area contributed by atoms with Gasteiger partial charge in [-0.05, 0) is 110 Å². The number of ether oxygens (including phenoxy) is 2. The standard InChI is InChI=1S/C39H51Cl2N5O8/c1-9-20-52-28-17-15-27(16-18-28)31(45-53-10-2)24-33(47)43-32(46(37(50)51)38(3,4)5)23-26-21-29(40)36(30(41)22-26)44-34(48)25-42-19-13-11-12-14-35(49)54-39(6,7)8/h9,12,14-18,21-22,42H,1,10-11,13,19-20,23-25H2,2-8H3,(H,44,48)(H,50,51). The number of hydrogen-bond acceptors (Lipinski definition) is 9. The lowest BCUT2D eigenvalue weighted by Gasteiger charge is -2.34. The first kappa shape index (κ1) is 45.4. The lowest BCUT2D eigenvalue weighted by molar-refractivity contribution is -0.148. The van der Waals surface area contributed by atoms with E-state index in [1.54, 1.807) is 84.9 Å². The molecule has 2 aromatic carbocycles. The summed E-state index contributed by atoms with van der Waals surface area (Å²) in [5, 5.41) is 20.3. The number of nitrogens with one attached hydrogen (secondary N) is 2. The van der Waals surface area contributed by atoms with E-state index in [-0.39, 0.29) is 53.3 Å². The van der Waals surface area contributed by atoms with Gasteiger partial charge in [-0.1, -0.05) is 47.1 Å². The van der Waals surface area contributed by atoms with Crippen molar-refractivity contribution < 1.29 is 38.6 Å². The van der Waals surface area contributed by atoms with Crippen molar-refractivity contribution in [3.8, 4) is 5.75 Å². The minimum Gasteiger partial charge on any atom is -0.490 e. The predicted octanol–water partition coefficient (Wildman–Crippen LogP) is 7.84. The summed E-state index contributed by atoms with van der Waals surface area (Å²) in [6.07, 6.45) is 4.27. The highest BCUT2D eigenvalue weighted by Crippen LogP contribution is 2.33. The second kappa shape index (κ2) is 21.9. The first-order chi connectivity index (χ1) is 25.3. The Labute approximate surface area is 327 Å². The van der Waals surface area contributed by atoms with Gasteiger partial charge in [-0.2, -0.15) is 4.99 Å². The molecule has 13 nitrogen and oxygen atoms in total. The molecular formula is C39H51Cl2N5O8. The van der Waals surface area contributed by atoms with Gasteiger partial charge in [0, 0.05) is 23.6 Å². The van der Waals surface area contributed by atoms with Crippen LogP contribution < -0.4 is 15.4 Å². The van der Waals surface area contributed by atoms with Crippen molar-refractivity contribution in [2.75, 3.05) is 31.6 Å². The number of aliphatic imine (C=N–C) groups is 1. The molecule has 0 fully saturated rings. The zero-order valence-corrected chi connectivity index (χ0v) is 33.5. The summed E-state index contributed by atoms with van der Waals surface area (Å²) in [4.78, 5) is 61.0. The van der Waals surface area contributed by atoms with Crippen molar-refractivity contribution in [2.24, 2.45) is 10.1 Å². The summed E-state index contributed by atoms with van der Waals surface area (Å²) < 4.78 is 10.8. The van der Waals surface area contributed by atoms with Crippen molar-refractivity contribution in [3.63, 3.8) is 0 Å². The number of oxime groups is 1. The van der Waals surface area contributed by atoms with E-state index >= 15 is 0 Å². The van der Waals surface area contributed by atoms with Crippen LogP contribution >= 0.6 is 23.2 Å². The van der Waals surface area contributed by atoms with Crippen LogP contribution in [0, 0.1) is 0 Å². The molecule has 0 aliphatic heterocycles. The Kier molecular flexibility index (Phi) is 18.4. The van der Waals surface area contributed by atoms with Crippen molar-refractivity contribution >= 4 is 64.3 Å². The molecule has 0 saturated heterocycles. The fourth-order valence-corrected chi connectivity index (χ4v) is 5.41. The summed E-state index contributed by atoms with van der Waals surface area (Å²) >= 11 is 13.1.